The zero-order valence-corrected chi connectivity index (χ0v) is 21.0. The fourth-order valence-corrected chi connectivity index (χ4v) is 4.27. The zero-order valence-electron chi connectivity index (χ0n) is 18.7. The third-order valence-corrected chi connectivity index (χ3v) is 6.27. The van der Waals surface area contributed by atoms with Crippen molar-refractivity contribution in [1.29, 1.82) is 0 Å². The van der Waals surface area contributed by atoms with Crippen molar-refractivity contribution in [2.24, 2.45) is 7.05 Å². The second kappa shape index (κ2) is 9.72. The van der Waals surface area contributed by atoms with Gasteiger partial charge in [0.05, 0.1) is 28.0 Å². The van der Waals surface area contributed by atoms with Gasteiger partial charge in [-0.3, -0.25) is 9.48 Å². The number of benzene rings is 1. The molecular weight excluding hydrogens is 542 g/mol. The predicted molar refractivity (Wildman–Crippen MR) is 128 cm³/mol. The van der Waals surface area contributed by atoms with E-state index in [-0.39, 0.29) is 27.4 Å². The Balaban J connectivity index is 1.71. The summed E-state index contributed by atoms with van der Waals surface area (Å²) in [4.78, 5) is 17.4. The Kier molecular flexibility index (Phi) is 7.00. The molecule has 1 N–H and O–H groups in total. The van der Waals surface area contributed by atoms with Crippen molar-refractivity contribution < 1.29 is 18.0 Å². The zero-order chi connectivity index (χ0) is 26.3. The summed E-state index contributed by atoms with van der Waals surface area (Å²) >= 11 is 18.0. The molecule has 1 unspecified atom stereocenters. The van der Waals surface area contributed by atoms with Crippen LogP contribution in [0.4, 0.5) is 13.2 Å². The van der Waals surface area contributed by atoms with Gasteiger partial charge < -0.3 is 5.32 Å². The quantitative estimate of drug-likeness (QED) is 0.332. The Hall–Kier alpha value is -3.15. The predicted octanol–water partition coefficient (Wildman–Crippen LogP) is 5.11. The first-order chi connectivity index (χ1) is 16.9. The van der Waals surface area contributed by atoms with E-state index in [1.54, 1.807) is 49.2 Å². The highest BCUT2D eigenvalue weighted by Crippen LogP contribution is 2.35. The topological polar surface area (TPSA) is 90.5 Å². The van der Waals surface area contributed by atoms with E-state index < -0.39 is 28.9 Å². The first-order valence-electron chi connectivity index (χ1n) is 10.3. The first-order valence-corrected chi connectivity index (χ1v) is 11.4. The molecule has 0 aliphatic rings. The molecular formula is C22H17Cl3F3N7O. The minimum absolute atomic E-state index is 0.0963. The number of nitrogens with zero attached hydrogens (tertiary/aromatic N) is 6. The molecule has 1 amide bonds. The Morgan fingerprint density at radius 1 is 1.14 bits per heavy atom. The van der Waals surface area contributed by atoms with E-state index in [2.05, 4.69) is 25.7 Å². The van der Waals surface area contributed by atoms with Gasteiger partial charge in [-0.15, -0.1) is 5.10 Å². The highest BCUT2D eigenvalue weighted by molar-refractivity contribution is 6.35. The summed E-state index contributed by atoms with van der Waals surface area (Å²) in [5.41, 5.74) is -2.27. The Bertz CT molecular complexity index is 1440. The lowest BCUT2D eigenvalue weighted by Gasteiger charge is -2.28. The van der Waals surface area contributed by atoms with Crippen molar-refractivity contribution >= 4 is 40.7 Å². The van der Waals surface area contributed by atoms with Crippen LogP contribution in [0.3, 0.4) is 0 Å². The molecule has 8 nitrogen and oxygen atoms in total. The van der Waals surface area contributed by atoms with E-state index in [4.69, 9.17) is 34.8 Å². The van der Waals surface area contributed by atoms with Crippen LogP contribution in [0, 0.1) is 0 Å². The normalized spacial score (nSPS) is 13.4. The molecule has 0 aliphatic carbocycles. The average molecular weight is 559 g/mol. The van der Waals surface area contributed by atoms with E-state index in [1.165, 1.54) is 18.2 Å². The van der Waals surface area contributed by atoms with Crippen LogP contribution in [0.25, 0.3) is 5.69 Å². The minimum atomic E-state index is -4.97. The smallest absolute Gasteiger partial charge is 0.349 e. The number of carbonyl (C=O) groups excluding carboxylic acids is 1. The third kappa shape index (κ3) is 5.04. The number of hydrogen-bond acceptors (Lipinski definition) is 5. The van der Waals surface area contributed by atoms with E-state index in [1.807, 2.05) is 0 Å². The van der Waals surface area contributed by atoms with Crippen molar-refractivity contribution in [3.05, 3.63) is 86.6 Å². The first kappa shape index (κ1) is 25.9. The summed E-state index contributed by atoms with van der Waals surface area (Å²) in [6, 6.07) is 8.83. The van der Waals surface area contributed by atoms with Gasteiger partial charge in [0.2, 0.25) is 0 Å². The lowest BCUT2D eigenvalue weighted by atomic mass is 9.80. The van der Waals surface area contributed by atoms with E-state index in [9.17, 15) is 18.0 Å². The molecule has 0 bridgehead atoms. The Labute approximate surface area is 218 Å². The van der Waals surface area contributed by atoms with Gasteiger partial charge >= 0.3 is 6.18 Å². The summed E-state index contributed by atoms with van der Waals surface area (Å²) in [7, 11) is 1.71. The minimum Gasteiger partial charge on any atom is -0.349 e. The standard InChI is InChI=1S/C22H17Cl3F3N7O/c1-21(12-9-30-34(2)10-12,16-4-3-5-17(25)31-16)11-29-20(36)18-19(22(26,27)28)35(33-32-18)15-7-6-13(23)8-14(15)24/h3-10H,11H2,1-2H3,(H,29,36). The molecule has 4 aromatic rings. The molecule has 0 aliphatic heterocycles. The van der Waals surface area contributed by atoms with Crippen LogP contribution < -0.4 is 5.32 Å². The van der Waals surface area contributed by atoms with Gasteiger partial charge in [-0.25, -0.2) is 9.67 Å². The van der Waals surface area contributed by atoms with E-state index in [0.717, 1.165) is 0 Å². The van der Waals surface area contributed by atoms with Crippen molar-refractivity contribution in [2.45, 2.75) is 18.5 Å². The van der Waals surface area contributed by atoms with Gasteiger partial charge in [0.1, 0.15) is 5.15 Å². The Morgan fingerprint density at radius 2 is 1.89 bits per heavy atom. The molecule has 0 fully saturated rings. The number of aryl methyl sites for hydroxylation is 1. The molecule has 14 heteroatoms. The number of nitrogens with one attached hydrogen (secondary N) is 1. The average Bonchev–Trinajstić information content (AvgIpc) is 3.44. The van der Waals surface area contributed by atoms with Gasteiger partial charge in [-0.1, -0.05) is 46.1 Å². The number of aromatic nitrogens is 6. The van der Waals surface area contributed by atoms with Crippen LogP contribution in [-0.4, -0.2) is 42.2 Å². The lowest BCUT2D eigenvalue weighted by Crippen LogP contribution is -2.40. The number of rotatable bonds is 6. The fourth-order valence-electron chi connectivity index (χ4n) is 3.61. The molecule has 0 radical (unpaired) electrons. The lowest BCUT2D eigenvalue weighted by molar-refractivity contribution is -0.143. The van der Waals surface area contributed by atoms with Gasteiger partial charge in [0.15, 0.2) is 11.4 Å². The van der Waals surface area contributed by atoms with Crippen molar-refractivity contribution in [1.82, 2.24) is 35.1 Å². The van der Waals surface area contributed by atoms with Crippen molar-refractivity contribution in [3.63, 3.8) is 0 Å². The molecule has 0 saturated carbocycles. The summed E-state index contributed by atoms with van der Waals surface area (Å²) in [6.07, 6.45) is -1.68. The molecule has 3 aromatic heterocycles. The summed E-state index contributed by atoms with van der Waals surface area (Å²) in [5, 5.41) is 14.1. The maximum absolute atomic E-state index is 14.1. The number of amides is 1. The number of halogens is 6. The van der Waals surface area contributed by atoms with Gasteiger partial charge in [-0.2, -0.15) is 18.3 Å². The maximum atomic E-state index is 14.1. The number of hydrogen-bond donors (Lipinski definition) is 1. The molecule has 36 heavy (non-hydrogen) atoms. The second-order valence-corrected chi connectivity index (χ2v) is 9.29. The SMILES string of the molecule is Cn1cc(C(C)(CNC(=O)c2nnn(-c3ccc(Cl)cc3Cl)c2C(F)(F)F)c2cccc(Cl)n2)cn1. The Morgan fingerprint density at radius 3 is 2.50 bits per heavy atom. The largest absolute Gasteiger partial charge is 0.435 e. The maximum Gasteiger partial charge on any atom is 0.435 e. The number of carbonyl (C=O) groups is 1. The van der Waals surface area contributed by atoms with E-state index >= 15 is 0 Å². The fraction of sp³-hybridized carbons (Fsp3) is 0.227. The summed E-state index contributed by atoms with van der Waals surface area (Å²) in [5.74, 6) is -1.09. The third-order valence-electron chi connectivity index (χ3n) is 5.52. The molecule has 1 atom stereocenters. The van der Waals surface area contributed by atoms with Crippen LogP contribution in [0.5, 0.6) is 0 Å². The molecule has 1 aromatic carbocycles. The molecule has 188 valence electrons. The van der Waals surface area contributed by atoms with Crippen LogP contribution in [-0.2, 0) is 18.6 Å². The number of alkyl halides is 3. The molecule has 3 heterocycles. The molecule has 4 rings (SSSR count). The van der Waals surface area contributed by atoms with Crippen LogP contribution in [0.15, 0.2) is 48.8 Å². The monoisotopic (exact) mass is 557 g/mol. The van der Waals surface area contributed by atoms with Gasteiger partial charge in [-0.05, 0) is 37.3 Å². The highest BCUT2D eigenvalue weighted by Gasteiger charge is 2.43. The van der Waals surface area contributed by atoms with Crippen LogP contribution in [0.1, 0.15) is 34.4 Å². The van der Waals surface area contributed by atoms with Crippen molar-refractivity contribution in [2.75, 3.05) is 6.54 Å². The second-order valence-electron chi connectivity index (χ2n) is 8.05. The summed E-state index contributed by atoms with van der Waals surface area (Å²) in [6.45, 7) is 1.62. The van der Waals surface area contributed by atoms with Gasteiger partial charge in [0, 0.05) is 30.4 Å². The molecule has 0 spiro atoms. The van der Waals surface area contributed by atoms with Crippen molar-refractivity contribution in [3.8, 4) is 5.69 Å². The van der Waals surface area contributed by atoms with E-state index in [0.29, 0.717) is 15.9 Å². The highest BCUT2D eigenvalue weighted by atomic mass is 35.5. The molecule has 0 saturated heterocycles. The van der Waals surface area contributed by atoms with Gasteiger partial charge in [0.25, 0.3) is 5.91 Å². The van der Waals surface area contributed by atoms with Crippen LogP contribution in [0.2, 0.25) is 15.2 Å². The summed E-state index contributed by atoms with van der Waals surface area (Å²) < 4.78 is 44.2. The van der Waals surface area contributed by atoms with Crippen LogP contribution >= 0.6 is 34.8 Å². The number of pyridine rings is 1.